The van der Waals surface area contributed by atoms with Gasteiger partial charge in [0.1, 0.15) is 33.9 Å². The number of aromatic amines is 4. The largest absolute Gasteiger partial charge is 0.355 e. The van der Waals surface area contributed by atoms with Gasteiger partial charge in [-0.3, -0.25) is 0 Å². The van der Waals surface area contributed by atoms with E-state index in [1.165, 1.54) is 44.5 Å². The molecule has 0 aliphatic carbocycles. The van der Waals surface area contributed by atoms with Gasteiger partial charge >= 0.3 is 0 Å². The maximum Gasteiger partial charge on any atom is 0.137 e. The van der Waals surface area contributed by atoms with Crippen LogP contribution in [0.15, 0.2) is 60.7 Å². The van der Waals surface area contributed by atoms with E-state index in [-0.39, 0.29) is 0 Å². The third-order valence-electron chi connectivity index (χ3n) is 14.2. The summed E-state index contributed by atoms with van der Waals surface area (Å²) in [5.74, 6) is 0. The van der Waals surface area contributed by atoms with Crippen LogP contribution in [0.3, 0.4) is 0 Å². The van der Waals surface area contributed by atoms with Crippen LogP contribution >= 0.6 is 0 Å². The predicted octanol–water partition coefficient (Wildman–Crippen LogP) is 14.5. The van der Waals surface area contributed by atoms with Crippen LogP contribution in [-0.2, 0) is 25.7 Å². The van der Waals surface area contributed by atoms with Crippen LogP contribution in [0, 0.1) is 20.3 Å². The van der Waals surface area contributed by atoms with Crippen molar-refractivity contribution in [2.24, 2.45) is 0 Å². The van der Waals surface area contributed by atoms with Crippen molar-refractivity contribution in [3.05, 3.63) is 146 Å². The van der Waals surface area contributed by atoms with E-state index in [0.717, 1.165) is 150 Å². The average molecular weight is 856 g/mol. The normalized spacial score (nSPS) is 13.8. The Labute approximate surface area is 381 Å². The molecular weight excluding hydrogens is 797 g/mol. The summed E-state index contributed by atoms with van der Waals surface area (Å²) in [7, 11) is 0. The van der Waals surface area contributed by atoms with Crippen LogP contribution in [0.25, 0.3) is 89.7 Å². The molecule has 0 saturated carbocycles. The van der Waals surface area contributed by atoms with Gasteiger partial charge in [0, 0.05) is 74.9 Å². The van der Waals surface area contributed by atoms with Gasteiger partial charge in [-0.05, 0) is 159 Å². The van der Waals surface area contributed by atoms with Gasteiger partial charge < -0.3 is 19.9 Å². The molecule has 0 radical (unpaired) electrons. The van der Waals surface area contributed by atoms with E-state index >= 15 is 0 Å². The standard InChI is InChI=1S/C57H59N8/c1-11-38-30(7)46-24-36-17-19-44(58-36)42(15-5)52-22-34(50(64-52)26-48-32(9)40(13-3)56(62-48)28-54(38)60-46)21-35-23-53-43(16-6)45-20-18-37(59-45)25-47-31(8)39(12-2)55(61-47)29-57-41(14-4)33(10)49(63-57)27-51(35)65-53/h17-29,58-59,62-63H,11-16H2,1-10H3/q+1. The van der Waals surface area contributed by atoms with Crippen molar-refractivity contribution in [2.45, 2.75) is 108 Å². The zero-order valence-electron chi connectivity index (χ0n) is 39.5. The molecule has 6 aromatic rings. The molecule has 0 amide bonds. The van der Waals surface area contributed by atoms with Gasteiger partial charge in [-0.2, -0.15) is 9.97 Å². The second kappa shape index (κ2) is 16.6. The molecule has 10 rings (SSSR count). The van der Waals surface area contributed by atoms with Gasteiger partial charge in [-0.25, -0.2) is 9.97 Å². The Morgan fingerprint density at radius 1 is 0.385 bits per heavy atom. The van der Waals surface area contributed by atoms with Crippen molar-refractivity contribution in [1.29, 1.82) is 0 Å². The Morgan fingerprint density at radius 2 is 0.785 bits per heavy atom. The molecule has 6 aromatic heterocycles. The highest BCUT2D eigenvalue weighted by molar-refractivity contribution is 6.03. The molecule has 65 heavy (non-hydrogen) atoms. The molecule has 4 aliphatic rings. The van der Waals surface area contributed by atoms with Gasteiger partial charge in [0.25, 0.3) is 0 Å². The van der Waals surface area contributed by atoms with Crippen molar-refractivity contribution in [3.63, 3.8) is 0 Å². The summed E-state index contributed by atoms with van der Waals surface area (Å²) < 4.78 is 0. The summed E-state index contributed by atoms with van der Waals surface area (Å²) in [4.78, 5) is 36.5. The molecule has 0 spiro atoms. The first kappa shape index (κ1) is 42.0. The molecule has 8 nitrogen and oxygen atoms in total. The molecule has 0 aromatic carbocycles. The van der Waals surface area contributed by atoms with Crippen LogP contribution < -0.4 is 0 Å². The highest BCUT2D eigenvalue weighted by Gasteiger charge is 2.28. The first-order valence-electron chi connectivity index (χ1n) is 23.7. The average Bonchev–Trinajstić information content (AvgIpc) is 4.18. The Kier molecular flexibility index (Phi) is 10.7. The zero-order chi connectivity index (χ0) is 45.3. The quantitative estimate of drug-likeness (QED) is 0.114. The van der Waals surface area contributed by atoms with Crippen LogP contribution in [0.4, 0.5) is 0 Å². The molecule has 0 saturated heterocycles. The van der Waals surface area contributed by atoms with Crippen molar-refractivity contribution in [3.8, 4) is 0 Å². The number of fused-ring (bicyclic) bond motifs is 16. The highest BCUT2D eigenvalue weighted by Crippen LogP contribution is 2.39. The molecule has 0 atom stereocenters. The van der Waals surface area contributed by atoms with E-state index < -0.39 is 0 Å². The Hall–Kier alpha value is -6.93. The number of nitrogens with zero attached hydrogens (tertiary/aromatic N) is 4. The van der Waals surface area contributed by atoms with E-state index in [2.05, 4.69) is 168 Å². The van der Waals surface area contributed by atoms with Gasteiger partial charge in [0.15, 0.2) is 0 Å². The van der Waals surface area contributed by atoms with Crippen molar-refractivity contribution < 1.29 is 0 Å². The second-order valence-electron chi connectivity index (χ2n) is 17.8. The predicted molar refractivity (Wildman–Crippen MR) is 275 cm³/mol. The van der Waals surface area contributed by atoms with Crippen LogP contribution in [0.2, 0.25) is 0 Å². The fourth-order valence-electron chi connectivity index (χ4n) is 10.5. The smallest absolute Gasteiger partial charge is 0.137 e. The van der Waals surface area contributed by atoms with Crippen LogP contribution in [-0.4, -0.2) is 39.9 Å². The fraction of sp³-hybridized carbons (Fsp3) is 0.281. The van der Waals surface area contributed by atoms with Gasteiger partial charge in [-0.1, -0.05) is 41.5 Å². The molecule has 326 valence electrons. The SMILES string of the molecule is CCC1=C(C)c2cc3ccc([nH]3)c(CC)c3nc(cc4[nH]c(cc1n2)c(CC)c4C)C([CH+]C1=Cc2nc1cc1[nH]c(cc4nc(cc5ccc([nH]5)c2CC)C(C)=C4CC)c(CC)c1C)=C3. The number of nitrogens with one attached hydrogen (secondary N) is 4. The molecule has 0 unspecified atom stereocenters. The summed E-state index contributed by atoms with van der Waals surface area (Å²) in [5.41, 5.74) is 30.8. The summed E-state index contributed by atoms with van der Waals surface area (Å²) in [6.07, 6.45) is 12.1. The molecule has 10 heterocycles. The lowest BCUT2D eigenvalue weighted by molar-refractivity contribution is 1.11. The van der Waals surface area contributed by atoms with Crippen molar-refractivity contribution in [2.75, 3.05) is 0 Å². The highest BCUT2D eigenvalue weighted by atomic mass is 14.8. The van der Waals surface area contributed by atoms with Crippen LogP contribution in [0.1, 0.15) is 147 Å². The van der Waals surface area contributed by atoms with Crippen LogP contribution in [0.5, 0.6) is 0 Å². The monoisotopic (exact) mass is 855 g/mol. The number of aromatic nitrogens is 8. The number of allylic oxidation sites excluding steroid dienone is 6. The van der Waals surface area contributed by atoms with E-state index in [9.17, 15) is 0 Å². The fourth-order valence-corrected chi connectivity index (χ4v) is 10.5. The maximum atomic E-state index is 5.47. The maximum absolute atomic E-state index is 5.47. The van der Waals surface area contributed by atoms with E-state index in [0.29, 0.717) is 0 Å². The Morgan fingerprint density at radius 3 is 1.17 bits per heavy atom. The minimum atomic E-state index is 0.811. The Balaban J connectivity index is 1.21. The first-order chi connectivity index (χ1) is 31.5. The lowest BCUT2D eigenvalue weighted by atomic mass is 9.98. The number of H-pyrrole nitrogens is 4. The van der Waals surface area contributed by atoms with Gasteiger partial charge in [0.2, 0.25) is 0 Å². The number of hydrogen-bond acceptors (Lipinski definition) is 4. The summed E-state index contributed by atoms with van der Waals surface area (Å²) in [5, 5.41) is 0. The lowest BCUT2D eigenvalue weighted by Crippen LogP contribution is -1.89. The molecular formula is C57H59N8+. The number of rotatable bonds is 8. The minimum absolute atomic E-state index is 0.811. The first-order valence-corrected chi connectivity index (χ1v) is 23.7. The summed E-state index contributed by atoms with van der Waals surface area (Å²) >= 11 is 0. The molecule has 16 bridgehead atoms. The lowest BCUT2D eigenvalue weighted by Gasteiger charge is -1.99. The number of hydrogen-bond donors (Lipinski definition) is 4. The third kappa shape index (κ3) is 7.20. The third-order valence-corrected chi connectivity index (χ3v) is 14.2. The van der Waals surface area contributed by atoms with E-state index in [1.54, 1.807) is 0 Å². The van der Waals surface area contributed by atoms with Gasteiger partial charge in [0.05, 0.1) is 33.8 Å². The Bertz CT molecular complexity index is 3230. The molecule has 4 aliphatic heterocycles. The zero-order valence-corrected chi connectivity index (χ0v) is 39.5. The summed E-state index contributed by atoms with van der Waals surface area (Å²) in [6, 6.07) is 22.1. The van der Waals surface area contributed by atoms with E-state index in [1.807, 2.05) is 0 Å². The van der Waals surface area contributed by atoms with Gasteiger partial charge in [-0.15, -0.1) is 0 Å². The van der Waals surface area contributed by atoms with Crippen molar-refractivity contribution >= 4 is 89.7 Å². The molecule has 0 fully saturated rings. The second-order valence-corrected chi connectivity index (χ2v) is 17.8. The molecule has 4 N–H and O–H groups in total. The topological polar surface area (TPSA) is 115 Å². The summed E-state index contributed by atoms with van der Waals surface area (Å²) in [6.45, 7) is 22.2. The molecule has 8 heteroatoms. The number of aryl methyl sites for hydroxylation is 6. The van der Waals surface area contributed by atoms with Crippen molar-refractivity contribution in [1.82, 2.24) is 39.9 Å². The minimum Gasteiger partial charge on any atom is -0.355 e. The van der Waals surface area contributed by atoms with E-state index in [4.69, 9.17) is 19.9 Å².